The van der Waals surface area contributed by atoms with E-state index < -0.39 is 0 Å². The van der Waals surface area contributed by atoms with Gasteiger partial charge in [0.15, 0.2) is 17.5 Å². The minimum Gasteiger partial charge on any atom is -0.294 e. The van der Waals surface area contributed by atoms with Gasteiger partial charge in [0.05, 0.1) is 5.52 Å². The first-order valence-electron chi connectivity index (χ1n) is 17.3. The molecule has 0 N–H and O–H groups in total. The topological polar surface area (TPSA) is 56.5 Å². The van der Waals surface area contributed by atoms with Crippen molar-refractivity contribution in [3.05, 3.63) is 164 Å². The molecule has 5 nitrogen and oxygen atoms in total. The zero-order valence-corrected chi connectivity index (χ0v) is 28.5. The summed E-state index contributed by atoms with van der Waals surface area (Å²) in [7, 11) is 0. The Balaban J connectivity index is 1.13. The van der Waals surface area contributed by atoms with Crippen LogP contribution in [0.3, 0.4) is 0 Å². The van der Waals surface area contributed by atoms with Crippen LogP contribution >= 0.6 is 11.3 Å². The van der Waals surface area contributed by atoms with E-state index in [9.17, 15) is 0 Å². The first kappa shape index (κ1) is 29.0. The summed E-state index contributed by atoms with van der Waals surface area (Å²) >= 11 is 1.78. The largest absolute Gasteiger partial charge is 0.294 e. The Morgan fingerprint density at radius 1 is 0.442 bits per heavy atom. The van der Waals surface area contributed by atoms with Crippen LogP contribution < -0.4 is 0 Å². The highest BCUT2D eigenvalue weighted by atomic mass is 32.1. The van der Waals surface area contributed by atoms with Crippen LogP contribution in [-0.2, 0) is 0 Å². The lowest BCUT2D eigenvalue weighted by atomic mass is 10.0. The number of para-hydroxylation sites is 1. The summed E-state index contributed by atoms with van der Waals surface area (Å²) in [5, 5.41) is 9.32. The number of pyridine rings is 1. The Morgan fingerprint density at radius 2 is 1.13 bits per heavy atom. The van der Waals surface area contributed by atoms with Crippen LogP contribution in [-0.4, -0.2) is 24.5 Å². The second kappa shape index (κ2) is 11.4. The molecule has 4 aromatic heterocycles. The van der Waals surface area contributed by atoms with Crippen LogP contribution in [0.2, 0.25) is 0 Å². The fraction of sp³-hybridized carbons (Fsp3) is 0. The van der Waals surface area contributed by atoms with E-state index in [-0.39, 0.29) is 0 Å². The maximum absolute atomic E-state index is 5.23. The summed E-state index contributed by atoms with van der Waals surface area (Å²) in [5.74, 6) is 1.97. The second-order valence-electron chi connectivity index (χ2n) is 13.1. The third kappa shape index (κ3) is 4.48. The molecule has 0 aliphatic carbocycles. The minimum atomic E-state index is 0.651. The molecule has 0 aliphatic heterocycles. The fourth-order valence-corrected chi connectivity index (χ4v) is 8.90. The highest BCUT2D eigenvalue weighted by Crippen LogP contribution is 2.42. The molecule has 0 unspecified atom stereocenters. The maximum Gasteiger partial charge on any atom is 0.165 e. The van der Waals surface area contributed by atoms with Gasteiger partial charge in [-0.15, -0.1) is 11.3 Å². The molecule has 0 saturated carbocycles. The lowest BCUT2D eigenvalue weighted by Crippen LogP contribution is -2.00. The quantitative estimate of drug-likeness (QED) is 0.185. The average Bonchev–Trinajstić information content (AvgIpc) is 3.76. The van der Waals surface area contributed by atoms with Gasteiger partial charge >= 0.3 is 0 Å². The molecule has 11 aromatic rings. The highest BCUT2D eigenvalue weighted by molar-refractivity contribution is 7.26. The molecule has 0 aliphatic rings. The normalized spacial score (nSPS) is 11.8. The highest BCUT2D eigenvalue weighted by Gasteiger charge is 2.19. The first-order valence-corrected chi connectivity index (χ1v) is 18.1. The van der Waals surface area contributed by atoms with Crippen molar-refractivity contribution in [1.29, 1.82) is 0 Å². The van der Waals surface area contributed by atoms with Crippen molar-refractivity contribution in [2.75, 3.05) is 0 Å². The van der Waals surface area contributed by atoms with Crippen molar-refractivity contribution in [1.82, 2.24) is 24.5 Å². The van der Waals surface area contributed by atoms with E-state index in [1.165, 1.54) is 26.2 Å². The van der Waals surface area contributed by atoms with Crippen molar-refractivity contribution in [2.45, 2.75) is 0 Å². The van der Waals surface area contributed by atoms with E-state index in [1.807, 2.05) is 12.3 Å². The van der Waals surface area contributed by atoms with E-state index in [4.69, 9.17) is 19.9 Å². The van der Waals surface area contributed by atoms with E-state index >= 15 is 0 Å². The van der Waals surface area contributed by atoms with Gasteiger partial charge in [-0.1, -0.05) is 115 Å². The Hall–Kier alpha value is -6.76. The van der Waals surface area contributed by atoms with E-state index in [0.717, 1.165) is 59.8 Å². The molecule has 0 atom stereocenters. The Morgan fingerprint density at radius 3 is 2.06 bits per heavy atom. The third-order valence-corrected chi connectivity index (χ3v) is 11.3. The number of fused-ring (bicyclic) bond motifs is 8. The van der Waals surface area contributed by atoms with Gasteiger partial charge in [-0.3, -0.25) is 4.57 Å². The number of aromatic nitrogens is 5. The molecule has 0 radical (unpaired) electrons. The van der Waals surface area contributed by atoms with Crippen molar-refractivity contribution in [2.24, 2.45) is 0 Å². The second-order valence-corrected chi connectivity index (χ2v) is 14.1. The number of rotatable bonds is 4. The van der Waals surface area contributed by atoms with Crippen LogP contribution in [0.25, 0.3) is 104 Å². The number of thiophene rings is 1. The first-order chi connectivity index (χ1) is 25.8. The molecule has 11 rings (SSSR count). The number of benzene rings is 7. The molecule has 0 bridgehead atoms. The SMILES string of the molecule is c1ccc2cc(-c3nc(-c4cccc5ccccc45)nc(-c4cccc5c4sc4cc(-n6c7ccccc7c7cccnc76)ccc45)n3)ccc2c1. The lowest BCUT2D eigenvalue weighted by molar-refractivity contribution is 1.08. The summed E-state index contributed by atoms with van der Waals surface area (Å²) in [6, 6.07) is 55.4. The van der Waals surface area contributed by atoms with Crippen molar-refractivity contribution in [3.63, 3.8) is 0 Å². The van der Waals surface area contributed by atoms with Gasteiger partial charge in [0, 0.05) is 59.5 Å². The molecule has 0 spiro atoms. The summed E-state index contributed by atoms with van der Waals surface area (Å²) in [5.41, 5.74) is 6.11. The van der Waals surface area contributed by atoms with Crippen molar-refractivity contribution >= 4 is 75.0 Å². The van der Waals surface area contributed by atoms with Crippen LogP contribution in [0.5, 0.6) is 0 Å². The molecule has 0 saturated heterocycles. The van der Waals surface area contributed by atoms with Crippen molar-refractivity contribution in [3.8, 4) is 39.9 Å². The molecule has 6 heteroatoms. The zero-order chi connectivity index (χ0) is 34.2. The Bertz CT molecular complexity index is 3150. The molecule has 4 heterocycles. The Labute approximate surface area is 302 Å². The summed E-state index contributed by atoms with van der Waals surface area (Å²) in [4.78, 5) is 20.4. The van der Waals surface area contributed by atoms with Gasteiger partial charge in [0.2, 0.25) is 0 Å². The van der Waals surface area contributed by atoms with Crippen LogP contribution in [0.15, 0.2) is 164 Å². The van der Waals surface area contributed by atoms with E-state index in [2.05, 4.69) is 156 Å². The maximum atomic E-state index is 5.23. The van der Waals surface area contributed by atoms with Gasteiger partial charge in [-0.05, 0) is 64.0 Å². The van der Waals surface area contributed by atoms with E-state index in [0.29, 0.717) is 17.5 Å². The van der Waals surface area contributed by atoms with E-state index in [1.54, 1.807) is 11.3 Å². The molecule has 0 fully saturated rings. The van der Waals surface area contributed by atoms with Crippen molar-refractivity contribution < 1.29 is 0 Å². The summed E-state index contributed by atoms with van der Waals surface area (Å²) in [6.45, 7) is 0. The predicted octanol–water partition coefficient (Wildman–Crippen LogP) is 12.0. The Kier molecular flexibility index (Phi) is 6.35. The van der Waals surface area contributed by atoms with Gasteiger partial charge in [0.25, 0.3) is 0 Å². The molecular formula is C46H27N5S. The van der Waals surface area contributed by atoms with Gasteiger partial charge < -0.3 is 0 Å². The van der Waals surface area contributed by atoms with Gasteiger partial charge in [-0.2, -0.15) is 0 Å². The number of hydrogen-bond donors (Lipinski definition) is 0. The summed E-state index contributed by atoms with van der Waals surface area (Å²) in [6.07, 6.45) is 1.87. The predicted molar refractivity (Wildman–Crippen MR) is 216 cm³/mol. The number of nitrogens with zero attached hydrogens (tertiary/aromatic N) is 5. The molecule has 52 heavy (non-hydrogen) atoms. The standard InChI is InChI=1S/C46H27N5S/c1-2-12-30-26-31(22-21-28(30)10-1)43-48-44(37-17-7-13-29-11-3-4-14-33(29)37)50-45(49-43)39-18-8-16-36-35-24-23-32(27-41(35)52-42(36)39)51-40-20-6-5-15-34(40)38-19-9-25-47-46(38)51/h1-27H. The monoisotopic (exact) mass is 681 g/mol. The molecular weight excluding hydrogens is 655 g/mol. The lowest BCUT2D eigenvalue weighted by Gasteiger charge is -2.11. The average molecular weight is 682 g/mol. The molecule has 7 aromatic carbocycles. The molecule has 242 valence electrons. The van der Waals surface area contributed by atoms with Crippen LogP contribution in [0.4, 0.5) is 0 Å². The molecule has 0 amide bonds. The van der Waals surface area contributed by atoms with Crippen LogP contribution in [0.1, 0.15) is 0 Å². The minimum absolute atomic E-state index is 0.651. The van der Waals surface area contributed by atoms with Gasteiger partial charge in [-0.25, -0.2) is 19.9 Å². The third-order valence-electron chi connectivity index (χ3n) is 10.1. The number of hydrogen-bond acceptors (Lipinski definition) is 5. The fourth-order valence-electron chi connectivity index (χ4n) is 7.65. The van der Waals surface area contributed by atoms with Gasteiger partial charge in [0.1, 0.15) is 5.65 Å². The zero-order valence-electron chi connectivity index (χ0n) is 27.7. The van der Waals surface area contributed by atoms with Crippen LogP contribution in [0, 0.1) is 0 Å². The smallest absolute Gasteiger partial charge is 0.165 e. The summed E-state index contributed by atoms with van der Waals surface area (Å²) < 4.78 is 4.61.